The summed E-state index contributed by atoms with van der Waals surface area (Å²) in [6, 6.07) is 13.4. The second kappa shape index (κ2) is 2.31. The normalized spacial score (nSPS) is 14.6. The molecule has 2 aliphatic rings. The van der Waals surface area contributed by atoms with E-state index in [2.05, 4.69) is 36.4 Å². The average molecular weight is 243 g/mol. The Kier molecular flexibility index (Phi) is 1.20. The fraction of sp³-hybridized carbons (Fsp3) is 0.0769. The van der Waals surface area contributed by atoms with Crippen molar-refractivity contribution in [2.45, 2.75) is 6.42 Å². The van der Waals surface area contributed by atoms with E-state index in [-0.39, 0.29) is 0 Å². The summed E-state index contributed by atoms with van der Waals surface area (Å²) < 4.78 is 3.32. The second-order valence-electron chi connectivity index (χ2n) is 3.85. The molecule has 0 atom stereocenters. The molecule has 1 heteroatoms. The van der Waals surface area contributed by atoms with E-state index in [0.29, 0.717) is 0 Å². The summed E-state index contributed by atoms with van der Waals surface area (Å²) in [6.45, 7) is 0. The van der Waals surface area contributed by atoms with E-state index < -0.39 is 0 Å². The fourth-order valence-corrected chi connectivity index (χ4v) is 4.02. The number of benzene rings is 2. The van der Waals surface area contributed by atoms with Crippen LogP contribution in [0.5, 0.6) is 0 Å². The number of fused-ring (bicyclic) bond motifs is 5. The van der Waals surface area contributed by atoms with E-state index in [1.165, 1.54) is 23.1 Å². The fourth-order valence-electron chi connectivity index (χ4n) is 2.34. The first-order chi connectivity index (χ1) is 6.93. The SMILES string of the molecule is c1ccc2c(c1)Cc1c-2ccc2c1[Se]2. The molecule has 0 bridgehead atoms. The molecule has 0 saturated heterocycles. The molecular formula is C13H8Se. The van der Waals surface area contributed by atoms with Crippen molar-refractivity contribution in [3.05, 3.63) is 47.5 Å². The topological polar surface area (TPSA) is 0 Å². The van der Waals surface area contributed by atoms with Gasteiger partial charge in [-0.15, -0.1) is 0 Å². The average Bonchev–Trinajstić information content (AvgIpc) is 2.92. The van der Waals surface area contributed by atoms with Crippen molar-refractivity contribution in [3.63, 3.8) is 0 Å². The van der Waals surface area contributed by atoms with Crippen LogP contribution in [0.4, 0.5) is 0 Å². The first-order valence-electron chi connectivity index (χ1n) is 4.85. The van der Waals surface area contributed by atoms with Crippen LogP contribution in [0.3, 0.4) is 0 Å². The Bertz CT molecular complexity index is 555. The van der Waals surface area contributed by atoms with Gasteiger partial charge in [-0.3, -0.25) is 0 Å². The molecule has 14 heavy (non-hydrogen) atoms. The first-order valence-corrected chi connectivity index (χ1v) is 6.57. The van der Waals surface area contributed by atoms with Crippen molar-refractivity contribution in [1.82, 2.24) is 0 Å². The Labute approximate surface area is 89.1 Å². The summed E-state index contributed by atoms with van der Waals surface area (Å²) in [5.41, 5.74) is 6.11. The van der Waals surface area contributed by atoms with Crippen molar-refractivity contribution in [1.29, 1.82) is 0 Å². The van der Waals surface area contributed by atoms with E-state index in [1.54, 1.807) is 14.5 Å². The van der Waals surface area contributed by atoms with Crippen LogP contribution < -0.4 is 8.92 Å². The monoisotopic (exact) mass is 244 g/mol. The minimum atomic E-state index is 0.718. The van der Waals surface area contributed by atoms with E-state index >= 15 is 0 Å². The summed E-state index contributed by atoms with van der Waals surface area (Å²) in [7, 11) is 0. The van der Waals surface area contributed by atoms with Gasteiger partial charge in [-0.25, -0.2) is 0 Å². The van der Waals surface area contributed by atoms with Gasteiger partial charge in [-0.05, 0) is 0 Å². The zero-order valence-electron chi connectivity index (χ0n) is 7.58. The van der Waals surface area contributed by atoms with Crippen LogP contribution in [0.1, 0.15) is 11.1 Å². The second-order valence-corrected chi connectivity index (χ2v) is 6.06. The molecule has 0 nitrogen and oxygen atoms in total. The molecule has 1 aliphatic heterocycles. The van der Waals surface area contributed by atoms with E-state index in [0.717, 1.165) is 15.0 Å². The molecule has 0 saturated carbocycles. The Morgan fingerprint density at radius 2 is 1.86 bits per heavy atom. The van der Waals surface area contributed by atoms with Gasteiger partial charge in [0.2, 0.25) is 0 Å². The summed E-state index contributed by atoms with van der Waals surface area (Å²) in [5.74, 6) is 0. The van der Waals surface area contributed by atoms with Crippen molar-refractivity contribution in [2.75, 3.05) is 0 Å². The number of hydrogen-bond donors (Lipinski definition) is 0. The predicted molar refractivity (Wildman–Crippen MR) is 59.7 cm³/mol. The van der Waals surface area contributed by atoms with Crippen LogP contribution in [0.25, 0.3) is 11.1 Å². The minimum absolute atomic E-state index is 0.718. The van der Waals surface area contributed by atoms with Crippen LogP contribution in [0, 0.1) is 0 Å². The summed E-state index contributed by atoms with van der Waals surface area (Å²) >= 11 is 0.718. The maximum absolute atomic E-state index is 2.32. The Hall–Kier alpha value is -1.04. The third kappa shape index (κ3) is 0.796. The molecule has 0 N–H and O–H groups in total. The van der Waals surface area contributed by atoms with Gasteiger partial charge in [-0.2, -0.15) is 0 Å². The number of hydrogen-bond acceptors (Lipinski definition) is 0. The van der Waals surface area contributed by atoms with Gasteiger partial charge < -0.3 is 0 Å². The van der Waals surface area contributed by atoms with E-state index in [9.17, 15) is 0 Å². The van der Waals surface area contributed by atoms with Crippen molar-refractivity contribution in [2.24, 2.45) is 0 Å². The molecule has 2 aromatic carbocycles. The van der Waals surface area contributed by atoms with Crippen molar-refractivity contribution >= 4 is 23.9 Å². The number of rotatable bonds is 0. The molecule has 0 spiro atoms. The third-order valence-corrected chi connectivity index (χ3v) is 5.22. The third-order valence-electron chi connectivity index (χ3n) is 3.07. The molecule has 0 radical (unpaired) electrons. The van der Waals surface area contributed by atoms with Crippen LogP contribution in [0.2, 0.25) is 0 Å². The molecule has 1 aliphatic carbocycles. The summed E-state index contributed by atoms with van der Waals surface area (Å²) in [5, 5.41) is 0. The predicted octanol–water partition coefficient (Wildman–Crippen LogP) is 1.23. The van der Waals surface area contributed by atoms with E-state index in [1.807, 2.05) is 0 Å². The van der Waals surface area contributed by atoms with Gasteiger partial charge in [0.25, 0.3) is 0 Å². The van der Waals surface area contributed by atoms with Gasteiger partial charge in [0.15, 0.2) is 0 Å². The zero-order chi connectivity index (χ0) is 9.12. The van der Waals surface area contributed by atoms with Crippen LogP contribution in [-0.4, -0.2) is 15.0 Å². The van der Waals surface area contributed by atoms with Crippen LogP contribution in [-0.2, 0) is 6.42 Å². The van der Waals surface area contributed by atoms with Crippen LogP contribution in [0.15, 0.2) is 36.4 Å². The van der Waals surface area contributed by atoms with Crippen LogP contribution >= 0.6 is 0 Å². The Balaban J connectivity index is 2.08. The molecule has 0 amide bonds. The van der Waals surface area contributed by atoms with Gasteiger partial charge in [0.1, 0.15) is 0 Å². The molecule has 2 aromatic rings. The van der Waals surface area contributed by atoms with Gasteiger partial charge >= 0.3 is 89.0 Å². The molecule has 0 aromatic heterocycles. The molecule has 0 unspecified atom stereocenters. The standard InChI is InChI=1S/C13H8Se/c1-2-4-9-8(3-1)7-11-10(9)5-6-12-13(11)14-12/h1-6H,7H2. The summed E-state index contributed by atoms with van der Waals surface area (Å²) in [6.07, 6.45) is 1.18. The van der Waals surface area contributed by atoms with Gasteiger partial charge in [-0.1, -0.05) is 0 Å². The van der Waals surface area contributed by atoms with E-state index in [4.69, 9.17) is 0 Å². The van der Waals surface area contributed by atoms with Gasteiger partial charge in [0, 0.05) is 0 Å². The molecule has 4 rings (SSSR count). The molecule has 1 heterocycles. The molecule has 66 valence electrons. The zero-order valence-corrected chi connectivity index (χ0v) is 9.29. The van der Waals surface area contributed by atoms with Gasteiger partial charge in [0.05, 0.1) is 0 Å². The quantitative estimate of drug-likeness (QED) is 0.407. The van der Waals surface area contributed by atoms with Crippen molar-refractivity contribution in [3.8, 4) is 11.1 Å². The molecule has 0 fully saturated rings. The first kappa shape index (κ1) is 7.28. The maximum atomic E-state index is 2.32. The van der Waals surface area contributed by atoms with Crippen molar-refractivity contribution < 1.29 is 0 Å². The Morgan fingerprint density at radius 1 is 0.929 bits per heavy atom. The molecular weight excluding hydrogens is 235 g/mol. The summed E-state index contributed by atoms with van der Waals surface area (Å²) in [4.78, 5) is 0. The Morgan fingerprint density at radius 3 is 2.86 bits per heavy atom.